The van der Waals surface area contributed by atoms with Crippen molar-refractivity contribution in [3.05, 3.63) is 0 Å². The summed E-state index contributed by atoms with van der Waals surface area (Å²) in [4.78, 5) is 11.5. The maximum atomic E-state index is 11.5. The Morgan fingerprint density at radius 2 is 2.00 bits per heavy atom. The zero-order chi connectivity index (χ0) is 9.90. The molecule has 0 aromatic rings. The second kappa shape index (κ2) is 4.23. The molecule has 1 rings (SSSR count). The van der Waals surface area contributed by atoms with Gasteiger partial charge < -0.3 is 5.32 Å². The van der Waals surface area contributed by atoms with Gasteiger partial charge in [-0.1, -0.05) is 26.7 Å². The van der Waals surface area contributed by atoms with Gasteiger partial charge in [0.25, 0.3) is 0 Å². The molecule has 1 saturated carbocycles. The lowest BCUT2D eigenvalue weighted by Crippen LogP contribution is -2.47. The summed E-state index contributed by atoms with van der Waals surface area (Å²) in [6, 6.07) is 0.0833. The molecule has 0 bridgehead atoms. The topological polar surface area (TPSA) is 29.1 Å². The van der Waals surface area contributed by atoms with Crippen LogP contribution in [0.25, 0.3) is 0 Å². The van der Waals surface area contributed by atoms with E-state index in [-0.39, 0.29) is 11.5 Å². The molecule has 0 spiro atoms. The second-order valence-electron chi connectivity index (χ2n) is 4.46. The number of ketones is 1. The lowest BCUT2D eigenvalue weighted by molar-refractivity contribution is -0.121. The highest BCUT2D eigenvalue weighted by atomic mass is 16.1. The molecule has 1 atom stereocenters. The molecule has 0 amide bonds. The first kappa shape index (κ1) is 10.7. The third-order valence-corrected chi connectivity index (χ3v) is 3.26. The Morgan fingerprint density at radius 3 is 2.38 bits per heavy atom. The van der Waals surface area contributed by atoms with E-state index in [0.29, 0.717) is 5.78 Å². The summed E-state index contributed by atoms with van der Waals surface area (Å²) in [6.45, 7) is 6.90. The van der Waals surface area contributed by atoms with Crippen LogP contribution in [-0.2, 0) is 4.79 Å². The van der Waals surface area contributed by atoms with Crippen LogP contribution in [0.15, 0.2) is 0 Å². The van der Waals surface area contributed by atoms with Crippen LogP contribution in [0.2, 0.25) is 0 Å². The van der Waals surface area contributed by atoms with E-state index in [1.807, 2.05) is 0 Å². The van der Waals surface area contributed by atoms with Crippen molar-refractivity contribution in [2.75, 3.05) is 6.54 Å². The molecule has 0 aromatic carbocycles. The molecule has 0 heterocycles. The van der Waals surface area contributed by atoms with Gasteiger partial charge in [0.1, 0.15) is 5.78 Å². The van der Waals surface area contributed by atoms with Crippen LogP contribution in [0.1, 0.15) is 46.5 Å². The van der Waals surface area contributed by atoms with Gasteiger partial charge in [0.2, 0.25) is 0 Å². The Bertz CT molecular complexity index is 183. The summed E-state index contributed by atoms with van der Waals surface area (Å²) in [6.07, 6.45) is 4.96. The lowest BCUT2D eigenvalue weighted by atomic mass is 9.79. The summed E-state index contributed by atoms with van der Waals surface area (Å²) >= 11 is 0. The molecule has 1 aliphatic carbocycles. The molecule has 0 aromatic heterocycles. The summed E-state index contributed by atoms with van der Waals surface area (Å²) in [5.41, 5.74) is 0.224. The highest BCUT2D eigenvalue weighted by molar-refractivity contribution is 5.82. The third-order valence-electron chi connectivity index (χ3n) is 3.26. The first-order valence-corrected chi connectivity index (χ1v) is 5.34. The van der Waals surface area contributed by atoms with Gasteiger partial charge in [0, 0.05) is 0 Å². The maximum absolute atomic E-state index is 11.5. The number of carbonyl (C=O) groups excluding carboxylic acids is 1. The molecular formula is C11H21NO. The highest BCUT2D eigenvalue weighted by Gasteiger charge is 2.38. The second-order valence-corrected chi connectivity index (χ2v) is 4.46. The van der Waals surface area contributed by atoms with Gasteiger partial charge in [-0.05, 0) is 31.7 Å². The molecule has 2 heteroatoms. The molecule has 0 aliphatic heterocycles. The van der Waals surface area contributed by atoms with Gasteiger partial charge in [-0.25, -0.2) is 0 Å². The van der Waals surface area contributed by atoms with E-state index in [2.05, 4.69) is 19.2 Å². The van der Waals surface area contributed by atoms with E-state index in [1.54, 1.807) is 6.92 Å². The third kappa shape index (κ3) is 2.31. The molecule has 1 aliphatic rings. The van der Waals surface area contributed by atoms with Crippen molar-refractivity contribution >= 4 is 5.78 Å². The predicted octanol–water partition coefficient (Wildman–Crippen LogP) is 2.13. The summed E-state index contributed by atoms with van der Waals surface area (Å²) in [7, 11) is 0. The maximum Gasteiger partial charge on any atom is 0.147 e. The van der Waals surface area contributed by atoms with Crippen LogP contribution in [0.4, 0.5) is 0 Å². The van der Waals surface area contributed by atoms with E-state index in [0.717, 1.165) is 6.54 Å². The van der Waals surface area contributed by atoms with Crippen molar-refractivity contribution < 1.29 is 4.79 Å². The van der Waals surface area contributed by atoms with Crippen molar-refractivity contribution in [1.29, 1.82) is 0 Å². The average molecular weight is 183 g/mol. The summed E-state index contributed by atoms with van der Waals surface area (Å²) in [5.74, 6) is 0.297. The van der Waals surface area contributed by atoms with E-state index < -0.39 is 0 Å². The van der Waals surface area contributed by atoms with Crippen molar-refractivity contribution in [2.24, 2.45) is 5.41 Å². The Labute approximate surface area is 81.1 Å². The smallest absolute Gasteiger partial charge is 0.147 e. The van der Waals surface area contributed by atoms with E-state index in [9.17, 15) is 4.79 Å². The number of rotatable bonds is 4. The van der Waals surface area contributed by atoms with Crippen LogP contribution in [0, 0.1) is 5.41 Å². The SMILES string of the molecule is CCNC(C(C)=O)C1(C)CCCC1. The van der Waals surface area contributed by atoms with Gasteiger partial charge >= 0.3 is 0 Å². The van der Waals surface area contributed by atoms with Crippen molar-refractivity contribution in [2.45, 2.75) is 52.5 Å². The Balaban J connectivity index is 2.67. The highest BCUT2D eigenvalue weighted by Crippen LogP contribution is 2.40. The lowest BCUT2D eigenvalue weighted by Gasteiger charge is -2.32. The van der Waals surface area contributed by atoms with E-state index >= 15 is 0 Å². The molecule has 13 heavy (non-hydrogen) atoms. The number of hydrogen-bond acceptors (Lipinski definition) is 2. The first-order valence-electron chi connectivity index (χ1n) is 5.34. The van der Waals surface area contributed by atoms with E-state index in [1.165, 1.54) is 25.7 Å². The summed E-state index contributed by atoms with van der Waals surface area (Å²) < 4.78 is 0. The van der Waals surface area contributed by atoms with Crippen LogP contribution >= 0.6 is 0 Å². The minimum absolute atomic E-state index is 0.0833. The van der Waals surface area contributed by atoms with Gasteiger partial charge in [0.15, 0.2) is 0 Å². The van der Waals surface area contributed by atoms with Crippen molar-refractivity contribution in [3.8, 4) is 0 Å². The average Bonchev–Trinajstić information content (AvgIpc) is 2.48. The van der Waals surface area contributed by atoms with Crippen LogP contribution in [0.3, 0.4) is 0 Å². The van der Waals surface area contributed by atoms with Crippen molar-refractivity contribution in [3.63, 3.8) is 0 Å². The largest absolute Gasteiger partial charge is 0.307 e. The standard InChI is InChI=1S/C11H21NO/c1-4-12-10(9(2)13)11(3)7-5-6-8-11/h10,12H,4-8H2,1-3H3. The molecule has 2 nitrogen and oxygen atoms in total. The number of nitrogens with one attached hydrogen (secondary N) is 1. The Hall–Kier alpha value is -0.370. The molecule has 1 fully saturated rings. The van der Waals surface area contributed by atoms with Gasteiger partial charge in [-0.15, -0.1) is 0 Å². The molecule has 1 unspecified atom stereocenters. The molecular weight excluding hydrogens is 162 g/mol. The fourth-order valence-corrected chi connectivity index (χ4v) is 2.56. The monoisotopic (exact) mass is 183 g/mol. The van der Waals surface area contributed by atoms with Crippen LogP contribution in [-0.4, -0.2) is 18.4 Å². The Kier molecular flexibility index (Phi) is 3.48. The van der Waals surface area contributed by atoms with Crippen LogP contribution < -0.4 is 5.32 Å². The van der Waals surface area contributed by atoms with Gasteiger partial charge in [-0.2, -0.15) is 0 Å². The molecule has 0 saturated heterocycles. The zero-order valence-corrected chi connectivity index (χ0v) is 9.02. The number of hydrogen-bond donors (Lipinski definition) is 1. The number of likely N-dealkylation sites (N-methyl/N-ethyl adjacent to an activating group) is 1. The quantitative estimate of drug-likeness (QED) is 0.723. The number of Topliss-reactive ketones (excluding diaryl/α,β-unsaturated/α-hetero) is 1. The normalized spacial score (nSPS) is 23.0. The van der Waals surface area contributed by atoms with Crippen LogP contribution in [0.5, 0.6) is 0 Å². The minimum atomic E-state index is 0.0833. The summed E-state index contributed by atoms with van der Waals surface area (Å²) in [5, 5.41) is 3.31. The first-order chi connectivity index (χ1) is 6.10. The fourth-order valence-electron chi connectivity index (χ4n) is 2.56. The van der Waals surface area contributed by atoms with E-state index in [4.69, 9.17) is 0 Å². The fraction of sp³-hybridized carbons (Fsp3) is 0.909. The Morgan fingerprint density at radius 1 is 1.46 bits per heavy atom. The molecule has 1 N–H and O–H groups in total. The zero-order valence-electron chi connectivity index (χ0n) is 9.02. The van der Waals surface area contributed by atoms with Gasteiger partial charge in [0.05, 0.1) is 6.04 Å². The molecule has 0 radical (unpaired) electrons. The minimum Gasteiger partial charge on any atom is -0.307 e. The van der Waals surface area contributed by atoms with Gasteiger partial charge in [-0.3, -0.25) is 4.79 Å². The van der Waals surface area contributed by atoms with Crippen molar-refractivity contribution in [1.82, 2.24) is 5.32 Å². The number of carbonyl (C=O) groups is 1. The predicted molar refractivity (Wildman–Crippen MR) is 54.7 cm³/mol. The molecule has 76 valence electrons.